The number of hydrogen-bond donors (Lipinski definition) is 1. The summed E-state index contributed by atoms with van der Waals surface area (Å²) in [5, 5.41) is 3.51. The number of nitrogens with one attached hydrogen (secondary N) is 1. The monoisotopic (exact) mass is 259 g/mol. The van der Waals surface area contributed by atoms with Crippen LogP contribution in [0, 0.1) is 6.92 Å². The fourth-order valence-electron chi connectivity index (χ4n) is 3.51. The Hall–Kier alpha value is -1.02. The smallest absolute Gasteiger partial charge is 0.0756 e. The maximum absolute atomic E-state index is 6.37. The molecule has 1 aromatic rings. The zero-order chi connectivity index (χ0) is 13.1. The number of rotatable bonds is 3. The van der Waals surface area contributed by atoms with E-state index < -0.39 is 0 Å². The lowest BCUT2D eigenvalue weighted by Gasteiger charge is -2.33. The van der Waals surface area contributed by atoms with Crippen molar-refractivity contribution in [2.45, 2.75) is 63.6 Å². The summed E-state index contributed by atoms with van der Waals surface area (Å²) >= 11 is 0. The highest BCUT2D eigenvalue weighted by molar-refractivity contribution is 5.44. The largest absolute Gasteiger partial charge is 0.382 e. The molecule has 2 heteroatoms. The van der Waals surface area contributed by atoms with Crippen molar-refractivity contribution < 1.29 is 4.74 Å². The second-order valence-corrected chi connectivity index (χ2v) is 6.27. The molecule has 1 N–H and O–H groups in total. The summed E-state index contributed by atoms with van der Waals surface area (Å²) in [7, 11) is 0. The molecule has 1 aliphatic carbocycles. The summed E-state index contributed by atoms with van der Waals surface area (Å²) in [6.45, 7) is 3.07. The van der Waals surface area contributed by atoms with Gasteiger partial charge >= 0.3 is 0 Å². The summed E-state index contributed by atoms with van der Waals surface area (Å²) < 4.78 is 6.37. The van der Waals surface area contributed by atoms with Crippen molar-refractivity contribution in [3.05, 3.63) is 29.8 Å². The predicted molar refractivity (Wildman–Crippen MR) is 79.6 cm³/mol. The van der Waals surface area contributed by atoms with Crippen molar-refractivity contribution in [3.63, 3.8) is 0 Å². The van der Waals surface area contributed by atoms with Gasteiger partial charge < -0.3 is 10.1 Å². The average Bonchev–Trinajstić information content (AvgIpc) is 2.82. The van der Waals surface area contributed by atoms with Crippen LogP contribution in [0.3, 0.4) is 0 Å². The first-order valence-electron chi connectivity index (χ1n) is 7.74. The van der Waals surface area contributed by atoms with E-state index in [2.05, 4.69) is 36.5 Å². The highest BCUT2D eigenvalue weighted by atomic mass is 16.5. The Morgan fingerprint density at radius 3 is 2.58 bits per heavy atom. The normalized spacial score (nSPS) is 25.6. The minimum absolute atomic E-state index is 0.248. The number of aryl methyl sites for hydroxylation is 1. The summed E-state index contributed by atoms with van der Waals surface area (Å²) in [6.07, 6.45) is 9.58. The van der Waals surface area contributed by atoms with Crippen LogP contribution in [-0.2, 0) is 4.74 Å². The van der Waals surface area contributed by atoms with E-state index in [1.165, 1.54) is 56.2 Å². The van der Waals surface area contributed by atoms with Crippen LogP contribution in [0.2, 0.25) is 0 Å². The van der Waals surface area contributed by atoms with Crippen LogP contribution < -0.4 is 5.32 Å². The Morgan fingerprint density at radius 1 is 1.11 bits per heavy atom. The highest BCUT2D eigenvalue weighted by Crippen LogP contribution is 2.41. The Morgan fingerprint density at radius 2 is 1.84 bits per heavy atom. The number of hydrogen-bond acceptors (Lipinski definition) is 2. The van der Waals surface area contributed by atoms with Gasteiger partial charge in [0.25, 0.3) is 0 Å². The summed E-state index contributed by atoms with van der Waals surface area (Å²) in [6, 6.07) is 8.61. The van der Waals surface area contributed by atoms with Gasteiger partial charge in [0.15, 0.2) is 0 Å². The van der Waals surface area contributed by atoms with E-state index in [1.807, 2.05) is 0 Å². The van der Waals surface area contributed by atoms with Crippen LogP contribution >= 0.6 is 0 Å². The zero-order valence-electron chi connectivity index (χ0n) is 12.0. The van der Waals surface area contributed by atoms with E-state index in [-0.39, 0.29) is 5.60 Å². The topological polar surface area (TPSA) is 21.3 Å². The molecule has 2 aliphatic rings. The van der Waals surface area contributed by atoms with Gasteiger partial charge in [-0.25, -0.2) is 0 Å². The fraction of sp³-hybridized carbons (Fsp3) is 0.647. The van der Waals surface area contributed by atoms with Crippen molar-refractivity contribution in [2.24, 2.45) is 0 Å². The molecule has 104 valence electrons. The van der Waals surface area contributed by atoms with Crippen molar-refractivity contribution in [1.82, 2.24) is 0 Å². The van der Waals surface area contributed by atoms with E-state index in [1.54, 1.807) is 0 Å². The molecule has 1 aromatic carbocycles. The summed E-state index contributed by atoms with van der Waals surface area (Å²) in [5.74, 6) is 0. The Labute approximate surface area is 116 Å². The van der Waals surface area contributed by atoms with E-state index >= 15 is 0 Å². The molecule has 3 rings (SSSR count). The predicted octanol–water partition coefficient (Wildman–Crippen LogP) is 4.29. The van der Waals surface area contributed by atoms with Crippen LogP contribution in [0.4, 0.5) is 5.69 Å². The van der Waals surface area contributed by atoms with Crippen LogP contribution in [0.5, 0.6) is 0 Å². The molecular formula is C17H25NO. The lowest BCUT2D eigenvalue weighted by molar-refractivity contribution is -0.0588. The standard InChI is InChI=1S/C17H25NO/c1-14-5-7-15(8-6-14)18-13-16-9-12-17(19-16)10-3-2-4-11-17/h5-8,16,18H,2-4,9-13H2,1H3. The molecule has 2 fully saturated rings. The van der Waals surface area contributed by atoms with Gasteiger partial charge in [0.2, 0.25) is 0 Å². The molecule has 0 bridgehead atoms. The third kappa shape index (κ3) is 3.11. The lowest BCUT2D eigenvalue weighted by Crippen LogP contribution is -2.33. The quantitative estimate of drug-likeness (QED) is 0.874. The molecule has 19 heavy (non-hydrogen) atoms. The number of benzene rings is 1. The van der Waals surface area contributed by atoms with Crippen LogP contribution in [0.15, 0.2) is 24.3 Å². The van der Waals surface area contributed by atoms with Gasteiger partial charge in [-0.15, -0.1) is 0 Å². The first kappa shape index (κ1) is 13.0. The SMILES string of the molecule is Cc1ccc(NCC2CCC3(CCCCC3)O2)cc1. The minimum atomic E-state index is 0.248. The van der Waals surface area contributed by atoms with E-state index in [0.29, 0.717) is 6.10 Å². The third-order valence-electron chi connectivity index (χ3n) is 4.69. The van der Waals surface area contributed by atoms with E-state index in [0.717, 1.165) is 6.54 Å². The van der Waals surface area contributed by atoms with Crippen LogP contribution in [-0.4, -0.2) is 18.2 Å². The molecule has 1 saturated carbocycles. The molecule has 0 amide bonds. The maximum Gasteiger partial charge on any atom is 0.0756 e. The maximum atomic E-state index is 6.37. The van der Waals surface area contributed by atoms with Crippen molar-refractivity contribution in [2.75, 3.05) is 11.9 Å². The lowest BCUT2D eigenvalue weighted by atomic mass is 9.83. The third-order valence-corrected chi connectivity index (χ3v) is 4.69. The van der Waals surface area contributed by atoms with Gasteiger partial charge in [0.05, 0.1) is 11.7 Å². The second kappa shape index (κ2) is 5.54. The van der Waals surface area contributed by atoms with Crippen molar-refractivity contribution >= 4 is 5.69 Å². The first-order chi connectivity index (χ1) is 9.26. The summed E-state index contributed by atoms with van der Waals surface area (Å²) in [5.41, 5.74) is 2.76. The summed E-state index contributed by atoms with van der Waals surface area (Å²) in [4.78, 5) is 0. The van der Waals surface area contributed by atoms with Gasteiger partial charge in [-0.2, -0.15) is 0 Å². The second-order valence-electron chi connectivity index (χ2n) is 6.27. The van der Waals surface area contributed by atoms with Gasteiger partial charge in [-0.1, -0.05) is 37.0 Å². The van der Waals surface area contributed by atoms with E-state index in [9.17, 15) is 0 Å². The molecule has 1 spiro atoms. The molecule has 1 aliphatic heterocycles. The van der Waals surface area contributed by atoms with Gasteiger partial charge in [-0.05, 0) is 44.7 Å². The molecule has 1 heterocycles. The molecule has 1 saturated heterocycles. The molecule has 0 radical (unpaired) electrons. The Bertz CT molecular complexity index is 406. The van der Waals surface area contributed by atoms with Crippen molar-refractivity contribution in [3.8, 4) is 0 Å². The molecule has 1 atom stereocenters. The highest BCUT2D eigenvalue weighted by Gasteiger charge is 2.40. The molecule has 1 unspecified atom stereocenters. The average molecular weight is 259 g/mol. The zero-order valence-corrected chi connectivity index (χ0v) is 12.0. The van der Waals surface area contributed by atoms with Crippen LogP contribution in [0.25, 0.3) is 0 Å². The molecular weight excluding hydrogens is 234 g/mol. The first-order valence-corrected chi connectivity index (χ1v) is 7.74. The Kier molecular flexibility index (Phi) is 3.79. The van der Waals surface area contributed by atoms with Gasteiger partial charge in [0.1, 0.15) is 0 Å². The minimum Gasteiger partial charge on any atom is -0.382 e. The van der Waals surface area contributed by atoms with Gasteiger partial charge in [-0.3, -0.25) is 0 Å². The number of anilines is 1. The molecule has 2 nitrogen and oxygen atoms in total. The molecule has 0 aromatic heterocycles. The number of ether oxygens (including phenoxy) is 1. The Balaban J connectivity index is 1.50. The van der Waals surface area contributed by atoms with E-state index in [4.69, 9.17) is 4.74 Å². The van der Waals surface area contributed by atoms with Gasteiger partial charge in [0, 0.05) is 12.2 Å². The fourth-order valence-corrected chi connectivity index (χ4v) is 3.51. The van der Waals surface area contributed by atoms with Crippen molar-refractivity contribution in [1.29, 1.82) is 0 Å². The van der Waals surface area contributed by atoms with Crippen LogP contribution in [0.1, 0.15) is 50.5 Å².